The Morgan fingerprint density at radius 1 is 1.12 bits per heavy atom. The van der Waals surface area contributed by atoms with Crippen LogP contribution in [0.1, 0.15) is 54.8 Å². The predicted molar refractivity (Wildman–Crippen MR) is 130 cm³/mol. The van der Waals surface area contributed by atoms with E-state index >= 15 is 0 Å². The molecule has 178 valence electrons. The third-order valence-corrected chi connectivity index (χ3v) is 7.43. The molecule has 1 amide bonds. The van der Waals surface area contributed by atoms with Crippen LogP contribution in [-0.2, 0) is 4.79 Å². The Labute approximate surface area is 196 Å². The second-order valence-corrected chi connectivity index (χ2v) is 9.60. The van der Waals surface area contributed by atoms with Crippen LogP contribution in [0.2, 0.25) is 0 Å². The fourth-order valence-corrected chi connectivity index (χ4v) is 5.73. The largest absolute Gasteiger partial charge is 0.497 e. The SMILES string of the molecule is COc1ccc(OC)c([C@@H]2[C@H]3CCCC[C@]3(O)CCN2CC(=O)Nc2ccc(C)cc2C)c1. The number of aliphatic hydroxyl groups is 1. The number of hydrogen-bond donors (Lipinski definition) is 2. The van der Waals surface area contributed by atoms with Gasteiger partial charge < -0.3 is 19.9 Å². The molecule has 0 spiro atoms. The van der Waals surface area contributed by atoms with Gasteiger partial charge in [0, 0.05) is 29.8 Å². The van der Waals surface area contributed by atoms with Gasteiger partial charge in [-0.3, -0.25) is 9.69 Å². The summed E-state index contributed by atoms with van der Waals surface area (Å²) >= 11 is 0. The molecular weight excluding hydrogens is 416 g/mol. The summed E-state index contributed by atoms with van der Waals surface area (Å²) in [4.78, 5) is 15.3. The fraction of sp³-hybridized carbons (Fsp3) is 0.519. The van der Waals surface area contributed by atoms with Gasteiger partial charge in [-0.25, -0.2) is 0 Å². The number of nitrogens with one attached hydrogen (secondary N) is 1. The zero-order valence-corrected chi connectivity index (χ0v) is 20.2. The van der Waals surface area contributed by atoms with E-state index in [-0.39, 0.29) is 24.4 Å². The van der Waals surface area contributed by atoms with E-state index in [1.165, 1.54) is 5.56 Å². The number of nitrogens with zero attached hydrogens (tertiary/aromatic N) is 1. The lowest BCUT2D eigenvalue weighted by Gasteiger charge is -2.52. The molecule has 6 heteroatoms. The number of rotatable bonds is 6. The highest BCUT2D eigenvalue weighted by Crippen LogP contribution is 2.51. The molecule has 2 aromatic carbocycles. The minimum absolute atomic E-state index is 0.0370. The number of aryl methyl sites for hydroxylation is 2. The summed E-state index contributed by atoms with van der Waals surface area (Å²) in [6.07, 6.45) is 4.54. The first kappa shape index (κ1) is 23.6. The number of amides is 1. The van der Waals surface area contributed by atoms with E-state index in [1.54, 1.807) is 14.2 Å². The van der Waals surface area contributed by atoms with Crippen molar-refractivity contribution in [1.82, 2.24) is 4.90 Å². The zero-order chi connectivity index (χ0) is 23.6. The number of benzene rings is 2. The summed E-state index contributed by atoms with van der Waals surface area (Å²) in [5.41, 5.74) is 3.32. The molecule has 6 nitrogen and oxygen atoms in total. The smallest absolute Gasteiger partial charge is 0.238 e. The standard InChI is InChI=1S/C27H36N2O4/c1-18-8-10-23(19(2)15-18)28-25(30)17-29-14-13-27(31)12-6-5-7-22(27)26(29)21-16-20(32-3)9-11-24(21)33-4/h8-11,15-16,22,26,31H,5-7,12-14,17H2,1-4H3,(H,28,30)/t22-,26-,27+/m1/s1. The highest BCUT2D eigenvalue weighted by molar-refractivity contribution is 5.93. The predicted octanol–water partition coefficient (Wildman–Crippen LogP) is 4.63. The molecule has 2 aliphatic rings. The second-order valence-electron chi connectivity index (χ2n) is 9.60. The first-order valence-electron chi connectivity index (χ1n) is 11.9. The van der Waals surface area contributed by atoms with Gasteiger partial charge in [-0.05, 0) is 62.9 Å². The van der Waals surface area contributed by atoms with E-state index in [9.17, 15) is 9.90 Å². The van der Waals surface area contributed by atoms with Crippen molar-refractivity contribution in [3.8, 4) is 11.5 Å². The molecule has 1 heterocycles. The number of anilines is 1. The van der Waals surface area contributed by atoms with Crippen LogP contribution in [0, 0.1) is 19.8 Å². The molecule has 2 aromatic rings. The maximum Gasteiger partial charge on any atom is 0.238 e. The maximum atomic E-state index is 13.1. The molecule has 2 N–H and O–H groups in total. The Bertz CT molecular complexity index is 1010. The highest BCUT2D eigenvalue weighted by Gasteiger charge is 2.50. The van der Waals surface area contributed by atoms with Crippen LogP contribution in [-0.4, -0.2) is 48.8 Å². The lowest BCUT2D eigenvalue weighted by Crippen LogP contribution is -2.56. The van der Waals surface area contributed by atoms with Crippen molar-refractivity contribution in [2.75, 3.05) is 32.6 Å². The van der Waals surface area contributed by atoms with Crippen LogP contribution >= 0.6 is 0 Å². The Kier molecular flexibility index (Phi) is 6.96. The van der Waals surface area contributed by atoms with Crippen molar-refractivity contribution in [2.24, 2.45) is 5.92 Å². The van der Waals surface area contributed by atoms with Gasteiger partial charge in [0.2, 0.25) is 5.91 Å². The molecule has 1 aliphatic carbocycles. The molecule has 4 rings (SSSR count). The van der Waals surface area contributed by atoms with Crippen LogP contribution in [0.15, 0.2) is 36.4 Å². The van der Waals surface area contributed by atoms with Gasteiger partial charge >= 0.3 is 0 Å². The van der Waals surface area contributed by atoms with Crippen LogP contribution in [0.4, 0.5) is 5.69 Å². The summed E-state index contributed by atoms with van der Waals surface area (Å²) in [6.45, 7) is 4.96. The molecule has 0 bridgehead atoms. The number of piperidine rings is 1. The van der Waals surface area contributed by atoms with Gasteiger partial charge in [0.15, 0.2) is 0 Å². The van der Waals surface area contributed by atoms with Crippen molar-refractivity contribution in [1.29, 1.82) is 0 Å². The lowest BCUT2D eigenvalue weighted by molar-refractivity contribution is -0.135. The Hall–Kier alpha value is -2.57. The minimum Gasteiger partial charge on any atom is -0.497 e. The van der Waals surface area contributed by atoms with Gasteiger partial charge in [0.05, 0.1) is 26.4 Å². The number of fused-ring (bicyclic) bond motifs is 1. The Morgan fingerprint density at radius 2 is 1.94 bits per heavy atom. The van der Waals surface area contributed by atoms with Crippen molar-refractivity contribution >= 4 is 11.6 Å². The van der Waals surface area contributed by atoms with Crippen molar-refractivity contribution in [2.45, 2.75) is 57.6 Å². The van der Waals surface area contributed by atoms with E-state index in [2.05, 4.69) is 16.3 Å². The van der Waals surface area contributed by atoms with E-state index < -0.39 is 5.60 Å². The summed E-state index contributed by atoms with van der Waals surface area (Å²) in [6, 6.07) is 11.7. The molecule has 1 saturated heterocycles. The molecule has 0 aromatic heterocycles. The zero-order valence-electron chi connectivity index (χ0n) is 20.2. The lowest BCUT2D eigenvalue weighted by atomic mass is 9.66. The highest BCUT2D eigenvalue weighted by atomic mass is 16.5. The maximum absolute atomic E-state index is 13.1. The minimum atomic E-state index is -0.711. The van der Waals surface area contributed by atoms with Crippen molar-refractivity contribution in [3.63, 3.8) is 0 Å². The van der Waals surface area contributed by atoms with Crippen molar-refractivity contribution < 1.29 is 19.4 Å². The average molecular weight is 453 g/mol. The summed E-state index contributed by atoms with van der Waals surface area (Å²) in [5, 5.41) is 14.7. The van der Waals surface area contributed by atoms with Crippen LogP contribution in [0.5, 0.6) is 11.5 Å². The van der Waals surface area contributed by atoms with Crippen molar-refractivity contribution in [3.05, 3.63) is 53.1 Å². The normalized spacial score (nSPS) is 25.2. The summed E-state index contributed by atoms with van der Waals surface area (Å²) < 4.78 is 11.2. The number of carbonyl (C=O) groups is 1. The number of carbonyl (C=O) groups excluding carboxylic acids is 1. The molecule has 0 radical (unpaired) electrons. The second kappa shape index (κ2) is 9.74. The number of ether oxygens (including phenoxy) is 2. The molecule has 0 unspecified atom stereocenters. The van der Waals surface area contributed by atoms with Crippen LogP contribution < -0.4 is 14.8 Å². The third kappa shape index (κ3) is 4.87. The Morgan fingerprint density at radius 3 is 2.67 bits per heavy atom. The quantitative estimate of drug-likeness (QED) is 0.669. The fourth-order valence-electron chi connectivity index (χ4n) is 5.73. The summed E-state index contributed by atoms with van der Waals surface area (Å²) in [7, 11) is 3.32. The van der Waals surface area contributed by atoms with E-state index in [4.69, 9.17) is 9.47 Å². The molecule has 1 saturated carbocycles. The molecular formula is C27H36N2O4. The molecule has 2 fully saturated rings. The first-order valence-corrected chi connectivity index (χ1v) is 11.9. The number of methoxy groups -OCH3 is 2. The molecule has 33 heavy (non-hydrogen) atoms. The van der Waals surface area contributed by atoms with Crippen LogP contribution in [0.25, 0.3) is 0 Å². The average Bonchev–Trinajstić information content (AvgIpc) is 2.80. The van der Waals surface area contributed by atoms with Gasteiger partial charge in [-0.1, -0.05) is 30.5 Å². The van der Waals surface area contributed by atoms with Gasteiger partial charge in [0.1, 0.15) is 11.5 Å². The van der Waals surface area contributed by atoms with Gasteiger partial charge in [-0.2, -0.15) is 0 Å². The monoisotopic (exact) mass is 452 g/mol. The Balaban J connectivity index is 1.65. The third-order valence-electron chi connectivity index (χ3n) is 7.43. The molecule has 1 aliphatic heterocycles. The van der Waals surface area contributed by atoms with E-state index in [1.807, 2.05) is 44.2 Å². The van der Waals surface area contributed by atoms with E-state index in [0.29, 0.717) is 13.0 Å². The van der Waals surface area contributed by atoms with E-state index in [0.717, 1.165) is 54.0 Å². The summed E-state index contributed by atoms with van der Waals surface area (Å²) in [5.74, 6) is 1.50. The number of hydrogen-bond acceptors (Lipinski definition) is 5. The van der Waals surface area contributed by atoms with Crippen LogP contribution in [0.3, 0.4) is 0 Å². The van der Waals surface area contributed by atoms with Gasteiger partial charge in [0.25, 0.3) is 0 Å². The first-order chi connectivity index (χ1) is 15.8. The van der Waals surface area contributed by atoms with Gasteiger partial charge in [-0.15, -0.1) is 0 Å². The number of likely N-dealkylation sites (tertiary alicyclic amines) is 1. The molecule has 3 atom stereocenters. The topological polar surface area (TPSA) is 71.0 Å².